The zero-order valence-electron chi connectivity index (χ0n) is 23.2. The molecule has 1 aromatic heterocycles. The molecule has 0 spiro atoms. The van der Waals surface area contributed by atoms with Gasteiger partial charge in [-0.15, -0.1) is 0 Å². The van der Waals surface area contributed by atoms with Crippen LogP contribution in [0, 0.1) is 13.8 Å². The monoisotopic (exact) mass is 545 g/mol. The minimum atomic E-state index is -1.39. The lowest BCUT2D eigenvalue weighted by Gasteiger charge is -2.35. The number of aryl methyl sites for hydroxylation is 2. The van der Waals surface area contributed by atoms with Crippen molar-refractivity contribution in [2.45, 2.75) is 26.1 Å². The number of rotatable bonds is 5. The quantitative estimate of drug-likeness (QED) is 0.352. The summed E-state index contributed by atoms with van der Waals surface area (Å²) in [4.78, 5) is 29.0. The first-order valence-electron chi connectivity index (χ1n) is 13.3. The number of methoxy groups -OCH3 is 1. The van der Waals surface area contributed by atoms with E-state index in [1.807, 2.05) is 49.4 Å². The van der Waals surface area contributed by atoms with Crippen LogP contribution in [0.4, 0.5) is 4.39 Å². The van der Waals surface area contributed by atoms with Gasteiger partial charge in [-0.2, -0.15) is 0 Å². The van der Waals surface area contributed by atoms with Crippen LogP contribution < -0.4 is 4.74 Å². The van der Waals surface area contributed by atoms with Crippen LogP contribution in [0.1, 0.15) is 22.4 Å². The molecule has 1 N–H and O–H groups in total. The lowest BCUT2D eigenvalue weighted by atomic mass is 9.92. The van der Waals surface area contributed by atoms with Gasteiger partial charge in [-0.05, 0) is 49.2 Å². The number of halogens is 1. The largest absolute Gasteiger partial charge is 0.497 e. The van der Waals surface area contributed by atoms with E-state index in [4.69, 9.17) is 9.47 Å². The van der Waals surface area contributed by atoms with Gasteiger partial charge < -0.3 is 24.3 Å². The van der Waals surface area contributed by atoms with E-state index in [2.05, 4.69) is 30.1 Å². The highest BCUT2D eigenvalue weighted by Gasteiger charge is 2.40. The number of piperazine rings is 1. The highest BCUT2D eigenvalue weighted by molar-refractivity contribution is 5.82. The predicted molar refractivity (Wildman–Crippen MR) is 154 cm³/mol. The number of nitrogens with one attached hydrogen (secondary N) is 1. The van der Waals surface area contributed by atoms with E-state index < -0.39 is 5.67 Å². The number of amides is 2. The second-order valence-corrected chi connectivity index (χ2v) is 10.1. The Labute approximate surface area is 234 Å². The Morgan fingerprint density at radius 3 is 2.38 bits per heavy atom. The second kappa shape index (κ2) is 13.3. The Kier molecular flexibility index (Phi) is 9.56. The van der Waals surface area contributed by atoms with Crippen molar-refractivity contribution in [3.8, 4) is 5.75 Å². The van der Waals surface area contributed by atoms with Crippen molar-refractivity contribution in [2.75, 3.05) is 40.0 Å². The maximum atomic E-state index is 14.3. The van der Waals surface area contributed by atoms with Crippen LogP contribution in [0.5, 0.6) is 5.75 Å². The molecule has 2 fully saturated rings. The van der Waals surface area contributed by atoms with Crippen LogP contribution in [0.15, 0.2) is 78.9 Å². The van der Waals surface area contributed by atoms with Crippen LogP contribution in [-0.4, -0.2) is 67.1 Å². The molecule has 0 atom stereocenters. The summed E-state index contributed by atoms with van der Waals surface area (Å²) in [7, 11) is 1.68. The van der Waals surface area contributed by atoms with Crippen LogP contribution in [0.2, 0.25) is 0 Å². The molecular formula is C32H36FN3O4. The van der Waals surface area contributed by atoms with E-state index in [1.165, 1.54) is 21.5 Å². The number of H-pyrrole nitrogens is 1. The van der Waals surface area contributed by atoms with Crippen molar-refractivity contribution in [3.63, 3.8) is 0 Å². The fourth-order valence-corrected chi connectivity index (χ4v) is 4.52. The second-order valence-electron chi connectivity index (χ2n) is 10.1. The fourth-order valence-electron chi connectivity index (χ4n) is 4.52. The summed E-state index contributed by atoms with van der Waals surface area (Å²) >= 11 is 0. The first-order chi connectivity index (χ1) is 19.3. The molecule has 2 aliphatic heterocycles. The Bertz CT molecular complexity index is 1420. The van der Waals surface area contributed by atoms with Crippen molar-refractivity contribution >= 4 is 23.2 Å². The highest BCUT2D eigenvalue weighted by Crippen LogP contribution is 2.34. The molecule has 7 nitrogen and oxygen atoms in total. The molecular weight excluding hydrogens is 509 g/mol. The van der Waals surface area contributed by atoms with E-state index in [0.29, 0.717) is 31.6 Å². The molecule has 40 heavy (non-hydrogen) atoms. The van der Waals surface area contributed by atoms with Crippen LogP contribution in [-0.2, 0) is 26.5 Å². The SMILES string of the molecule is COc1ccc2[nH]c(C)cc2c1.Cc1ccccc1.O=CN1CCN(Cc2cccc(C3(F)COC3)c2)C(=O)C1. The Morgan fingerprint density at radius 1 is 1.00 bits per heavy atom. The minimum absolute atomic E-state index is 0.0827. The van der Waals surface area contributed by atoms with Gasteiger partial charge in [0.05, 0.1) is 26.9 Å². The summed E-state index contributed by atoms with van der Waals surface area (Å²) in [6, 6.07) is 25.6. The molecule has 3 heterocycles. The number of carbonyl (C=O) groups is 2. The maximum absolute atomic E-state index is 14.3. The number of ether oxygens (including phenoxy) is 2. The minimum Gasteiger partial charge on any atom is -0.497 e. The average molecular weight is 546 g/mol. The summed E-state index contributed by atoms with van der Waals surface area (Å²) in [5, 5.41) is 1.20. The zero-order chi connectivity index (χ0) is 28.5. The van der Waals surface area contributed by atoms with E-state index >= 15 is 0 Å². The number of nitrogens with zero attached hydrogens (tertiary/aromatic N) is 2. The van der Waals surface area contributed by atoms with Gasteiger partial charge in [0.15, 0.2) is 5.67 Å². The third-order valence-electron chi connectivity index (χ3n) is 6.88. The molecule has 2 aliphatic rings. The van der Waals surface area contributed by atoms with Crippen molar-refractivity contribution in [2.24, 2.45) is 0 Å². The number of benzene rings is 3. The molecule has 2 saturated heterocycles. The number of carbonyl (C=O) groups excluding carboxylic acids is 2. The molecule has 2 amide bonds. The number of aromatic nitrogens is 1. The highest BCUT2D eigenvalue weighted by atomic mass is 19.1. The van der Waals surface area contributed by atoms with Crippen molar-refractivity contribution < 1.29 is 23.5 Å². The molecule has 0 bridgehead atoms. The zero-order valence-corrected chi connectivity index (χ0v) is 23.2. The lowest BCUT2D eigenvalue weighted by molar-refractivity contribution is -0.140. The summed E-state index contributed by atoms with van der Waals surface area (Å²) < 4.78 is 24.4. The molecule has 0 saturated carbocycles. The van der Waals surface area contributed by atoms with Gasteiger partial charge in [0, 0.05) is 36.2 Å². The van der Waals surface area contributed by atoms with Gasteiger partial charge in [-0.25, -0.2) is 4.39 Å². The van der Waals surface area contributed by atoms with Crippen molar-refractivity contribution in [1.82, 2.24) is 14.8 Å². The molecule has 210 valence electrons. The standard InChI is InChI=1S/C15H17FN2O3.C10H11NO.C7H8/c16-15(9-21-10-15)13-3-1-2-12(6-13)7-18-5-4-17(11-19)8-14(18)20;1-7-5-8-6-9(12-2)3-4-10(8)11-7;1-7-5-3-2-4-6-7/h1-3,6,11H,4-5,7-10H2;3-6,11H,1-2H3;2-6H,1H3. The third kappa shape index (κ3) is 7.48. The number of hydrogen-bond donors (Lipinski definition) is 1. The summed E-state index contributed by atoms with van der Waals surface area (Å²) in [5.74, 6) is 0.821. The van der Waals surface area contributed by atoms with Crippen LogP contribution >= 0.6 is 0 Å². The van der Waals surface area contributed by atoms with Gasteiger partial charge in [-0.1, -0.05) is 60.2 Å². The third-order valence-corrected chi connectivity index (χ3v) is 6.88. The van der Waals surface area contributed by atoms with Crippen molar-refractivity contribution in [3.05, 3.63) is 101 Å². The first kappa shape index (κ1) is 28.8. The molecule has 0 unspecified atom stereocenters. The normalized spacial score (nSPS) is 15.8. The van der Waals surface area contributed by atoms with Crippen molar-refractivity contribution in [1.29, 1.82) is 0 Å². The molecule has 8 heteroatoms. The Balaban J connectivity index is 0.000000162. The van der Waals surface area contributed by atoms with E-state index in [0.717, 1.165) is 16.8 Å². The smallest absolute Gasteiger partial charge is 0.242 e. The van der Waals surface area contributed by atoms with Crippen LogP contribution in [0.25, 0.3) is 10.9 Å². The van der Waals surface area contributed by atoms with E-state index in [1.54, 1.807) is 30.2 Å². The van der Waals surface area contributed by atoms with Gasteiger partial charge in [0.2, 0.25) is 12.3 Å². The van der Waals surface area contributed by atoms with Crippen LogP contribution in [0.3, 0.4) is 0 Å². The Hall–Kier alpha value is -4.17. The molecule has 0 radical (unpaired) electrons. The average Bonchev–Trinajstić information content (AvgIpc) is 3.33. The fraction of sp³-hybridized carbons (Fsp3) is 0.312. The summed E-state index contributed by atoms with van der Waals surface area (Å²) in [6.07, 6.45) is 0.694. The lowest BCUT2D eigenvalue weighted by Crippen LogP contribution is -2.49. The van der Waals surface area contributed by atoms with Gasteiger partial charge >= 0.3 is 0 Å². The maximum Gasteiger partial charge on any atom is 0.242 e. The molecule has 0 aliphatic carbocycles. The summed E-state index contributed by atoms with van der Waals surface area (Å²) in [6.45, 7) is 5.91. The van der Waals surface area contributed by atoms with Gasteiger partial charge in [-0.3, -0.25) is 9.59 Å². The molecule has 3 aromatic carbocycles. The first-order valence-corrected chi connectivity index (χ1v) is 13.3. The van der Waals surface area contributed by atoms with E-state index in [-0.39, 0.29) is 25.7 Å². The number of fused-ring (bicyclic) bond motifs is 1. The molecule has 6 rings (SSSR count). The van der Waals surface area contributed by atoms with Gasteiger partial charge in [0.1, 0.15) is 5.75 Å². The molecule has 4 aromatic rings. The van der Waals surface area contributed by atoms with Gasteiger partial charge in [0.25, 0.3) is 0 Å². The number of aromatic amines is 1. The Morgan fingerprint density at radius 2 is 1.77 bits per heavy atom. The number of alkyl halides is 1. The topological polar surface area (TPSA) is 74.9 Å². The number of hydrogen-bond acceptors (Lipinski definition) is 4. The summed E-state index contributed by atoms with van der Waals surface area (Å²) in [5.41, 5.74) is 3.76. The van der Waals surface area contributed by atoms with E-state index in [9.17, 15) is 14.0 Å². The predicted octanol–water partition coefficient (Wildman–Crippen LogP) is 5.16.